The van der Waals surface area contributed by atoms with Gasteiger partial charge in [0.2, 0.25) is 5.91 Å². The van der Waals surface area contributed by atoms with Gasteiger partial charge in [-0.25, -0.2) is 0 Å². The van der Waals surface area contributed by atoms with Crippen molar-refractivity contribution in [3.63, 3.8) is 0 Å². The number of hydrogen-bond acceptors (Lipinski definition) is 4. The fourth-order valence-corrected chi connectivity index (χ4v) is 3.96. The highest BCUT2D eigenvalue weighted by Gasteiger charge is 2.28. The van der Waals surface area contributed by atoms with Crippen molar-refractivity contribution < 1.29 is 14.3 Å². The van der Waals surface area contributed by atoms with E-state index in [1.54, 1.807) is 0 Å². The molecule has 2 aliphatic rings. The Labute approximate surface area is 157 Å². The highest BCUT2D eigenvalue weighted by atomic mass is 16.5. The maximum atomic E-state index is 12.9. The Morgan fingerprint density at radius 3 is 2.62 bits per heavy atom. The average Bonchev–Trinajstić information content (AvgIpc) is 3.09. The van der Waals surface area contributed by atoms with Gasteiger partial charge in [0.1, 0.15) is 0 Å². The van der Waals surface area contributed by atoms with Gasteiger partial charge in [-0.1, -0.05) is 24.3 Å². The zero-order valence-corrected chi connectivity index (χ0v) is 16.3. The average molecular weight is 360 g/mol. The molecule has 144 valence electrons. The second-order valence-electron chi connectivity index (χ2n) is 7.79. The normalized spacial score (nSPS) is 26.5. The van der Waals surface area contributed by atoms with Gasteiger partial charge in [0.25, 0.3) is 0 Å². The third-order valence-electron chi connectivity index (χ3n) is 5.27. The maximum absolute atomic E-state index is 12.9. The third kappa shape index (κ3) is 5.29. The molecule has 26 heavy (non-hydrogen) atoms. The number of carbonyl (C=O) groups is 1. The molecule has 0 saturated carbocycles. The van der Waals surface area contributed by atoms with E-state index in [1.165, 1.54) is 11.1 Å². The molecule has 1 aromatic rings. The molecule has 1 unspecified atom stereocenters. The molecular formula is C21H32N2O3. The van der Waals surface area contributed by atoms with E-state index in [0.29, 0.717) is 19.6 Å². The minimum absolute atomic E-state index is 0.102. The quantitative estimate of drug-likeness (QED) is 0.782. The SMILES string of the molecule is Cc1ccccc1CN(CC(=O)N1C[C@@H](C)O[C@@H](C)C1)CC1CCCO1. The summed E-state index contributed by atoms with van der Waals surface area (Å²) in [5.74, 6) is 0.193. The molecule has 2 fully saturated rings. The first-order valence-corrected chi connectivity index (χ1v) is 9.83. The largest absolute Gasteiger partial charge is 0.377 e. The number of ether oxygens (including phenoxy) is 2. The molecule has 0 aromatic heterocycles. The Bertz CT molecular complexity index is 591. The molecule has 3 rings (SSSR count). The molecule has 0 N–H and O–H groups in total. The molecule has 0 aliphatic carbocycles. The molecule has 0 radical (unpaired) electrons. The minimum atomic E-state index is 0.102. The van der Waals surface area contributed by atoms with Crippen LogP contribution in [0.4, 0.5) is 0 Å². The van der Waals surface area contributed by atoms with Crippen LogP contribution in [-0.4, -0.2) is 66.8 Å². The van der Waals surface area contributed by atoms with Crippen LogP contribution in [0.3, 0.4) is 0 Å². The summed E-state index contributed by atoms with van der Waals surface area (Å²) in [4.78, 5) is 17.1. The van der Waals surface area contributed by atoms with E-state index in [0.717, 1.165) is 32.5 Å². The Kier molecular flexibility index (Phi) is 6.68. The fourth-order valence-electron chi connectivity index (χ4n) is 3.96. The standard InChI is InChI=1S/C21H32N2O3/c1-16-7-4-5-8-19(16)13-22(14-20-9-6-10-25-20)15-21(24)23-11-17(2)26-18(3)12-23/h4-5,7-8,17-18,20H,6,9-15H2,1-3H3/t17-,18+,20?. The Hall–Kier alpha value is -1.43. The van der Waals surface area contributed by atoms with Crippen molar-refractivity contribution in [2.24, 2.45) is 0 Å². The monoisotopic (exact) mass is 360 g/mol. The van der Waals surface area contributed by atoms with Crippen molar-refractivity contribution in [1.29, 1.82) is 0 Å². The van der Waals surface area contributed by atoms with Crippen LogP contribution in [0.5, 0.6) is 0 Å². The molecule has 2 saturated heterocycles. The zero-order valence-electron chi connectivity index (χ0n) is 16.3. The van der Waals surface area contributed by atoms with Crippen LogP contribution in [0.1, 0.15) is 37.8 Å². The van der Waals surface area contributed by atoms with Gasteiger partial charge in [-0.05, 0) is 44.7 Å². The molecule has 1 aromatic carbocycles. The molecular weight excluding hydrogens is 328 g/mol. The smallest absolute Gasteiger partial charge is 0.236 e. The van der Waals surface area contributed by atoms with E-state index < -0.39 is 0 Å². The van der Waals surface area contributed by atoms with Gasteiger partial charge in [0.15, 0.2) is 0 Å². The maximum Gasteiger partial charge on any atom is 0.236 e. The number of nitrogens with zero attached hydrogens (tertiary/aromatic N) is 2. The highest BCUT2D eigenvalue weighted by molar-refractivity contribution is 5.78. The summed E-state index contributed by atoms with van der Waals surface area (Å²) in [5.41, 5.74) is 2.55. The number of amides is 1. The van der Waals surface area contributed by atoms with Crippen LogP contribution in [-0.2, 0) is 20.8 Å². The van der Waals surface area contributed by atoms with Crippen LogP contribution >= 0.6 is 0 Å². The van der Waals surface area contributed by atoms with Gasteiger partial charge in [-0.3, -0.25) is 9.69 Å². The van der Waals surface area contributed by atoms with E-state index in [4.69, 9.17) is 9.47 Å². The lowest BCUT2D eigenvalue weighted by Crippen LogP contribution is -2.51. The van der Waals surface area contributed by atoms with E-state index in [1.807, 2.05) is 18.7 Å². The predicted molar refractivity (Wildman–Crippen MR) is 102 cm³/mol. The van der Waals surface area contributed by atoms with Gasteiger partial charge in [-0.2, -0.15) is 0 Å². The summed E-state index contributed by atoms with van der Waals surface area (Å²) in [7, 11) is 0. The number of rotatable bonds is 6. The van der Waals surface area contributed by atoms with Crippen molar-refractivity contribution in [3.8, 4) is 0 Å². The van der Waals surface area contributed by atoms with Gasteiger partial charge >= 0.3 is 0 Å². The topological polar surface area (TPSA) is 42.0 Å². The van der Waals surface area contributed by atoms with Crippen molar-refractivity contribution in [2.75, 3.05) is 32.8 Å². The second kappa shape index (κ2) is 8.98. The van der Waals surface area contributed by atoms with Crippen LogP contribution in [0.15, 0.2) is 24.3 Å². The lowest BCUT2D eigenvalue weighted by molar-refractivity contribution is -0.144. The number of hydrogen-bond donors (Lipinski definition) is 0. The van der Waals surface area contributed by atoms with Crippen molar-refractivity contribution in [3.05, 3.63) is 35.4 Å². The molecule has 5 heteroatoms. The second-order valence-corrected chi connectivity index (χ2v) is 7.79. The number of aryl methyl sites for hydroxylation is 1. The van der Waals surface area contributed by atoms with Crippen molar-refractivity contribution in [2.45, 2.75) is 58.5 Å². The van der Waals surface area contributed by atoms with Crippen LogP contribution in [0.2, 0.25) is 0 Å². The molecule has 3 atom stereocenters. The molecule has 5 nitrogen and oxygen atoms in total. The lowest BCUT2D eigenvalue weighted by Gasteiger charge is -2.36. The summed E-state index contributed by atoms with van der Waals surface area (Å²) in [6, 6.07) is 8.42. The predicted octanol–water partition coefficient (Wildman–Crippen LogP) is 2.61. The zero-order chi connectivity index (χ0) is 18.5. The number of morpholine rings is 1. The number of carbonyl (C=O) groups excluding carboxylic acids is 1. The molecule has 2 aliphatic heterocycles. The van der Waals surface area contributed by atoms with E-state index in [2.05, 4.69) is 36.1 Å². The Morgan fingerprint density at radius 2 is 1.96 bits per heavy atom. The minimum Gasteiger partial charge on any atom is -0.377 e. The van der Waals surface area contributed by atoms with Crippen LogP contribution in [0, 0.1) is 6.92 Å². The molecule has 0 bridgehead atoms. The lowest BCUT2D eigenvalue weighted by atomic mass is 10.1. The van der Waals surface area contributed by atoms with Gasteiger partial charge < -0.3 is 14.4 Å². The molecule has 2 heterocycles. The summed E-state index contributed by atoms with van der Waals surface area (Å²) < 4.78 is 11.6. The number of benzene rings is 1. The first-order valence-electron chi connectivity index (χ1n) is 9.83. The summed E-state index contributed by atoms with van der Waals surface area (Å²) in [6.07, 6.45) is 2.66. The Morgan fingerprint density at radius 1 is 1.23 bits per heavy atom. The van der Waals surface area contributed by atoms with Gasteiger partial charge in [-0.15, -0.1) is 0 Å². The summed E-state index contributed by atoms with van der Waals surface area (Å²) in [6.45, 7) is 10.4. The van der Waals surface area contributed by atoms with E-state index >= 15 is 0 Å². The first-order chi connectivity index (χ1) is 12.5. The van der Waals surface area contributed by atoms with Crippen LogP contribution in [0.25, 0.3) is 0 Å². The molecule has 0 spiro atoms. The van der Waals surface area contributed by atoms with Crippen LogP contribution < -0.4 is 0 Å². The summed E-state index contributed by atoms with van der Waals surface area (Å²) in [5, 5.41) is 0. The first kappa shape index (κ1) is 19.3. The van der Waals surface area contributed by atoms with Crippen molar-refractivity contribution in [1.82, 2.24) is 9.80 Å². The Balaban J connectivity index is 1.66. The van der Waals surface area contributed by atoms with Crippen molar-refractivity contribution >= 4 is 5.91 Å². The van der Waals surface area contributed by atoms with Gasteiger partial charge in [0, 0.05) is 32.8 Å². The molecule has 1 amide bonds. The van der Waals surface area contributed by atoms with E-state index in [9.17, 15) is 4.79 Å². The third-order valence-corrected chi connectivity index (χ3v) is 5.27. The van der Waals surface area contributed by atoms with E-state index in [-0.39, 0.29) is 24.2 Å². The highest BCUT2D eigenvalue weighted by Crippen LogP contribution is 2.18. The fraction of sp³-hybridized carbons (Fsp3) is 0.667. The van der Waals surface area contributed by atoms with Gasteiger partial charge in [0.05, 0.1) is 24.9 Å². The summed E-state index contributed by atoms with van der Waals surface area (Å²) >= 11 is 0.